The standard InChI is InChI=1S/C13H16INO4/c1-13(2,12(17)18)15(3)11(16)9-6-5-8(19-4)7-10(9)14/h5-7H,1-4H3,(H,17,18). The molecule has 0 aliphatic heterocycles. The molecular weight excluding hydrogens is 361 g/mol. The first-order chi connectivity index (χ1) is 8.71. The van der Waals surface area contributed by atoms with Gasteiger partial charge in [0.25, 0.3) is 5.91 Å². The third kappa shape index (κ3) is 3.17. The smallest absolute Gasteiger partial charge is 0.329 e. The quantitative estimate of drug-likeness (QED) is 0.818. The fourth-order valence-corrected chi connectivity index (χ4v) is 2.09. The van der Waals surface area contributed by atoms with Crippen LogP contribution < -0.4 is 4.74 Å². The number of carboxylic acids is 1. The van der Waals surface area contributed by atoms with Gasteiger partial charge in [0, 0.05) is 10.6 Å². The second-order valence-electron chi connectivity index (χ2n) is 4.57. The number of hydrogen-bond acceptors (Lipinski definition) is 3. The maximum absolute atomic E-state index is 12.3. The van der Waals surface area contributed by atoms with Gasteiger partial charge in [-0.1, -0.05) is 0 Å². The van der Waals surface area contributed by atoms with Crippen molar-refractivity contribution < 1.29 is 19.4 Å². The maximum Gasteiger partial charge on any atom is 0.329 e. The predicted octanol–water partition coefficient (Wildman–Crippen LogP) is 2.24. The molecule has 0 aliphatic carbocycles. The molecule has 6 heteroatoms. The van der Waals surface area contributed by atoms with E-state index < -0.39 is 11.5 Å². The van der Waals surface area contributed by atoms with Crippen LogP contribution in [0.5, 0.6) is 5.75 Å². The fourth-order valence-electron chi connectivity index (χ4n) is 1.37. The maximum atomic E-state index is 12.3. The summed E-state index contributed by atoms with van der Waals surface area (Å²) in [5.74, 6) is -0.729. The highest BCUT2D eigenvalue weighted by Crippen LogP contribution is 2.23. The van der Waals surface area contributed by atoms with Crippen LogP contribution >= 0.6 is 22.6 Å². The van der Waals surface area contributed by atoms with Gasteiger partial charge in [-0.3, -0.25) is 4.79 Å². The van der Waals surface area contributed by atoms with Gasteiger partial charge in [0.1, 0.15) is 11.3 Å². The van der Waals surface area contributed by atoms with Crippen LogP contribution in [0.4, 0.5) is 0 Å². The first kappa shape index (κ1) is 15.7. The fraction of sp³-hybridized carbons (Fsp3) is 0.385. The highest BCUT2D eigenvalue weighted by molar-refractivity contribution is 14.1. The van der Waals surface area contributed by atoms with E-state index in [0.29, 0.717) is 11.3 Å². The summed E-state index contributed by atoms with van der Waals surface area (Å²) in [5.41, 5.74) is -0.807. The number of carboxylic acid groups (broad SMARTS) is 1. The van der Waals surface area contributed by atoms with Crippen LogP contribution in [0.15, 0.2) is 18.2 Å². The number of likely N-dealkylation sites (N-methyl/N-ethyl adjacent to an activating group) is 1. The van der Waals surface area contributed by atoms with Crippen LogP contribution in [-0.4, -0.2) is 41.6 Å². The highest BCUT2D eigenvalue weighted by Gasteiger charge is 2.36. The van der Waals surface area contributed by atoms with Crippen molar-refractivity contribution in [3.63, 3.8) is 0 Å². The Morgan fingerprint density at radius 2 is 1.95 bits per heavy atom. The average molecular weight is 377 g/mol. The van der Waals surface area contributed by atoms with Crippen molar-refractivity contribution in [2.45, 2.75) is 19.4 Å². The van der Waals surface area contributed by atoms with Gasteiger partial charge in [0.05, 0.1) is 12.7 Å². The molecule has 0 heterocycles. The minimum Gasteiger partial charge on any atom is -0.497 e. The molecule has 19 heavy (non-hydrogen) atoms. The topological polar surface area (TPSA) is 66.8 Å². The molecule has 0 aromatic heterocycles. The monoisotopic (exact) mass is 377 g/mol. The van der Waals surface area contributed by atoms with Crippen LogP contribution in [0.1, 0.15) is 24.2 Å². The predicted molar refractivity (Wildman–Crippen MR) is 79.5 cm³/mol. The number of ether oxygens (including phenoxy) is 1. The Kier molecular flexibility index (Phi) is 4.78. The number of nitrogens with zero attached hydrogens (tertiary/aromatic N) is 1. The van der Waals surface area contributed by atoms with E-state index in [0.717, 1.165) is 3.57 Å². The molecule has 0 spiro atoms. The Morgan fingerprint density at radius 1 is 1.37 bits per heavy atom. The molecule has 0 radical (unpaired) electrons. The van der Waals surface area contributed by atoms with E-state index in [2.05, 4.69) is 0 Å². The molecule has 0 unspecified atom stereocenters. The van der Waals surface area contributed by atoms with Gasteiger partial charge in [0.15, 0.2) is 0 Å². The molecule has 0 aliphatic rings. The molecule has 104 valence electrons. The van der Waals surface area contributed by atoms with Crippen molar-refractivity contribution in [1.82, 2.24) is 4.90 Å². The van der Waals surface area contributed by atoms with E-state index in [4.69, 9.17) is 9.84 Å². The molecule has 0 saturated carbocycles. The van der Waals surface area contributed by atoms with E-state index in [1.54, 1.807) is 25.3 Å². The SMILES string of the molecule is COc1ccc(C(=O)N(C)C(C)(C)C(=O)O)c(I)c1. The van der Waals surface area contributed by atoms with Crippen molar-refractivity contribution in [2.24, 2.45) is 0 Å². The lowest BCUT2D eigenvalue weighted by molar-refractivity contribution is -0.147. The van der Waals surface area contributed by atoms with Crippen LogP contribution in [0, 0.1) is 3.57 Å². The lowest BCUT2D eigenvalue weighted by Crippen LogP contribution is -2.50. The number of hydrogen-bond donors (Lipinski definition) is 1. The lowest BCUT2D eigenvalue weighted by Gasteiger charge is -2.31. The Labute approximate surface area is 125 Å². The molecule has 0 fully saturated rings. The number of methoxy groups -OCH3 is 1. The van der Waals surface area contributed by atoms with Crippen LogP contribution in [0.25, 0.3) is 0 Å². The number of carbonyl (C=O) groups is 2. The third-order valence-corrected chi connectivity index (χ3v) is 3.97. The molecule has 1 aromatic rings. The van der Waals surface area contributed by atoms with E-state index in [1.165, 1.54) is 25.8 Å². The Balaban J connectivity index is 3.11. The average Bonchev–Trinajstić information content (AvgIpc) is 2.36. The summed E-state index contributed by atoms with van der Waals surface area (Å²) >= 11 is 2.03. The Hall–Kier alpha value is -1.31. The van der Waals surface area contributed by atoms with Crippen molar-refractivity contribution in [3.8, 4) is 5.75 Å². The summed E-state index contributed by atoms with van der Waals surface area (Å²) in [6.07, 6.45) is 0. The van der Waals surface area contributed by atoms with Gasteiger partial charge in [-0.2, -0.15) is 0 Å². The summed E-state index contributed by atoms with van der Waals surface area (Å²) in [6, 6.07) is 5.05. The van der Waals surface area contributed by atoms with E-state index >= 15 is 0 Å². The first-order valence-electron chi connectivity index (χ1n) is 5.57. The molecular formula is C13H16INO4. The Morgan fingerprint density at radius 3 is 2.37 bits per heavy atom. The number of carbonyl (C=O) groups excluding carboxylic acids is 1. The molecule has 1 aromatic carbocycles. The minimum atomic E-state index is -1.26. The van der Waals surface area contributed by atoms with Crippen molar-refractivity contribution >= 4 is 34.5 Å². The summed E-state index contributed by atoms with van der Waals surface area (Å²) < 4.78 is 5.79. The number of amides is 1. The molecule has 1 N–H and O–H groups in total. The molecule has 0 saturated heterocycles. The molecule has 5 nitrogen and oxygen atoms in total. The molecule has 0 bridgehead atoms. The van der Waals surface area contributed by atoms with Crippen LogP contribution in [-0.2, 0) is 4.79 Å². The normalized spacial score (nSPS) is 11.0. The second kappa shape index (κ2) is 5.77. The van der Waals surface area contributed by atoms with Gasteiger partial charge in [0.2, 0.25) is 0 Å². The van der Waals surface area contributed by atoms with Crippen LogP contribution in [0.3, 0.4) is 0 Å². The zero-order valence-corrected chi connectivity index (χ0v) is 13.4. The first-order valence-corrected chi connectivity index (χ1v) is 6.64. The van der Waals surface area contributed by atoms with Crippen LogP contribution in [0.2, 0.25) is 0 Å². The molecule has 1 rings (SSSR count). The van der Waals surface area contributed by atoms with E-state index in [-0.39, 0.29) is 5.91 Å². The zero-order valence-electron chi connectivity index (χ0n) is 11.2. The zero-order chi connectivity index (χ0) is 14.8. The van der Waals surface area contributed by atoms with Crippen molar-refractivity contribution in [3.05, 3.63) is 27.3 Å². The van der Waals surface area contributed by atoms with Crippen molar-refractivity contribution in [1.29, 1.82) is 0 Å². The number of rotatable bonds is 4. The van der Waals surface area contributed by atoms with Crippen molar-refractivity contribution in [2.75, 3.05) is 14.2 Å². The third-order valence-electron chi connectivity index (χ3n) is 3.07. The number of aliphatic carboxylic acids is 1. The number of benzene rings is 1. The van der Waals surface area contributed by atoms with E-state index in [9.17, 15) is 9.59 Å². The van der Waals surface area contributed by atoms with Gasteiger partial charge in [-0.25, -0.2) is 4.79 Å². The Bertz CT molecular complexity index is 513. The van der Waals surface area contributed by atoms with Gasteiger partial charge in [-0.05, 0) is 54.6 Å². The van der Waals surface area contributed by atoms with Gasteiger partial charge in [-0.15, -0.1) is 0 Å². The summed E-state index contributed by atoms with van der Waals surface area (Å²) in [4.78, 5) is 24.7. The second-order valence-corrected chi connectivity index (χ2v) is 5.74. The van der Waals surface area contributed by atoms with E-state index in [1.807, 2.05) is 22.6 Å². The molecule has 0 atom stereocenters. The highest BCUT2D eigenvalue weighted by atomic mass is 127. The van der Waals surface area contributed by atoms with Gasteiger partial charge >= 0.3 is 5.97 Å². The van der Waals surface area contributed by atoms with Gasteiger partial charge < -0.3 is 14.7 Å². The summed E-state index contributed by atoms with van der Waals surface area (Å²) in [6.45, 7) is 2.98. The minimum absolute atomic E-state index is 0.334. The lowest BCUT2D eigenvalue weighted by atomic mass is 10.0. The summed E-state index contributed by atoms with van der Waals surface area (Å²) in [5, 5.41) is 9.14. The summed E-state index contributed by atoms with van der Waals surface area (Å²) in [7, 11) is 3.03. The molecule has 1 amide bonds. The number of halogens is 1. The largest absolute Gasteiger partial charge is 0.497 e.